The van der Waals surface area contributed by atoms with Gasteiger partial charge >= 0.3 is 5.97 Å². The Morgan fingerprint density at radius 2 is 2.38 bits per heavy atom. The smallest absolute Gasteiger partial charge is 0.337 e. The number of rotatable bonds is 4. The number of aromatic carboxylic acids is 1. The second kappa shape index (κ2) is 4.42. The number of pyridine rings is 1. The third-order valence-electron chi connectivity index (χ3n) is 1.30. The van der Waals surface area contributed by atoms with Crippen LogP contribution in [0.3, 0.4) is 0 Å². The number of hydrogen-bond acceptors (Lipinski definition) is 4. The first-order valence-corrected chi connectivity index (χ1v) is 3.54. The number of carboxylic acids is 1. The van der Waals surface area contributed by atoms with E-state index < -0.39 is 5.97 Å². The minimum absolute atomic E-state index is 0.0742. The fourth-order valence-corrected chi connectivity index (χ4v) is 0.742. The zero-order valence-electron chi connectivity index (χ0n) is 7.06. The lowest BCUT2D eigenvalue weighted by molar-refractivity contribution is 0.0504. The van der Waals surface area contributed by atoms with Crippen molar-refractivity contribution in [3.8, 4) is 5.75 Å². The molecule has 0 fully saturated rings. The van der Waals surface area contributed by atoms with Gasteiger partial charge in [-0.15, -0.1) is 0 Å². The molecule has 1 aromatic heterocycles. The van der Waals surface area contributed by atoms with Gasteiger partial charge in [0, 0.05) is 13.3 Å². The van der Waals surface area contributed by atoms with Gasteiger partial charge in [0.05, 0.1) is 11.8 Å². The van der Waals surface area contributed by atoms with Crippen LogP contribution < -0.4 is 4.74 Å². The lowest BCUT2D eigenvalue weighted by Gasteiger charge is -2.03. The molecule has 0 bridgehead atoms. The molecule has 13 heavy (non-hydrogen) atoms. The molecular weight excluding hydrogens is 174 g/mol. The summed E-state index contributed by atoms with van der Waals surface area (Å²) in [4.78, 5) is 14.2. The second-order valence-corrected chi connectivity index (χ2v) is 2.27. The number of carboxylic acid groups (broad SMARTS) is 1. The van der Waals surface area contributed by atoms with E-state index in [0.29, 0.717) is 5.75 Å². The SMILES string of the molecule is COCOc1cncc(C(=O)O)c1. The molecule has 0 saturated carbocycles. The zero-order chi connectivity index (χ0) is 9.68. The number of methoxy groups -OCH3 is 1. The Bertz CT molecular complexity index is 300. The normalized spacial score (nSPS) is 9.62. The zero-order valence-corrected chi connectivity index (χ0v) is 7.06. The molecule has 0 aliphatic carbocycles. The van der Waals surface area contributed by atoms with Crippen molar-refractivity contribution in [1.82, 2.24) is 4.98 Å². The van der Waals surface area contributed by atoms with Crippen LogP contribution in [0.4, 0.5) is 0 Å². The van der Waals surface area contributed by atoms with E-state index in [2.05, 4.69) is 9.72 Å². The molecule has 0 amide bonds. The quantitative estimate of drug-likeness (QED) is 0.698. The molecule has 5 heteroatoms. The van der Waals surface area contributed by atoms with Crippen molar-refractivity contribution in [2.45, 2.75) is 0 Å². The third-order valence-corrected chi connectivity index (χ3v) is 1.30. The maximum absolute atomic E-state index is 10.5. The summed E-state index contributed by atoms with van der Waals surface area (Å²) in [5.74, 6) is -0.655. The van der Waals surface area contributed by atoms with Crippen molar-refractivity contribution in [1.29, 1.82) is 0 Å². The largest absolute Gasteiger partial charge is 0.478 e. The molecule has 0 spiro atoms. The average molecular weight is 183 g/mol. The molecule has 5 nitrogen and oxygen atoms in total. The predicted octanol–water partition coefficient (Wildman–Crippen LogP) is 0.762. The lowest BCUT2D eigenvalue weighted by Crippen LogP contribution is -2.02. The molecule has 1 heterocycles. The maximum atomic E-state index is 10.5. The Kier molecular flexibility index (Phi) is 3.22. The van der Waals surface area contributed by atoms with Gasteiger partial charge in [-0.3, -0.25) is 4.98 Å². The summed E-state index contributed by atoms with van der Waals surface area (Å²) in [5, 5.41) is 8.61. The molecule has 0 unspecified atom stereocenters. The standard InChI is InChI=1S/C8H9NO4/c1-12-5-13-7-2-6(8(10)11)3-9-4-7/h2-4H,5H2,1H3,(H,10,11). The summed E-state index contributed by atoms with van der Waals surface area (Å²) in [6, 6.07) is 1.38. The van der Waals surface area contributed by atoms with Crippen molar-refractivity contribution in [3.05, 3.63) is 24.0 Å². The molecule has 0 aromatic carbocycles. The molecule has 0 atom stereocenters. The van der Waals surface area contributed by atoms with E-state index in [9.17, 15) is 4.79 Å². The summed E-state index contributed by atoms with van der Waals surface area (Å²) in [6.07, 6.45) is 2.67. The summed E-state index contributed by atoms with van der Waals surface area (Å²) in [5.41, 5.74) is 0.0913. The van der Waals surface area contributed by atoms with Gasteiger partial charge in [-0.25, -0.2) is 4.79 Å². The summed E-state index contributed by atoms with van der Waals surface area (Å²) < 4.78 is 9.65. The van der Waals surface area contributed by atoms with Gasteiger partial charge < -0.3 is 14.6 Å². The summed E-state index contributed by atoms with van der Waals surface area (Å²) >= 11 is 0. The van der Waals surface area contributed by atoms with Gasteiger partial charge in [0.15, 0.2) is 6.79 Å². The minimum atomic E-state index is -1.03. The first-order chi connectivity index (χ1) is 6.24. The van der Waals surface area contributed by atoms with Gasteiger partial charge in [-0.2, -0.15) is 0 Å². The van der Waals surface area contributed by atoms with Crippen molar-refractivity contribution in [3.63, 3.8) is 0 Å². The van der Waals surface area contributed by atoms with Gasteiger partial charge in [-0.05, 0) is 6.07 Å². The van der Waals surface area contributed by atoms with Crippen LogP contribution in [-0.2, 0) is 4.74 Å². The van der Waals surface area contributed by atoms with Crippen LogP contribution in [-0.4, -0.2) is 30.0 Å². The van der Waals surface area contributed by atoms with E-state index >= 15 is 0 Å². The van der Waals surface area contributed by atoms with Crippen LogP contribution in [0.5, 0.6) is 5.75 Å². The van der Waals surface area contributed by atoms with Crippen LogP contribution >= 0.6 is 0 Å². The number of aromatic nitrogens is 1. The molecule has 1 rings (SSSR count). The highest BCUT2D eigenvalue weighted by atomic mass is 16.7. The number of hydrogen-bond donors (Lipinski definition) is 1. The highest BCUT2D eigenvalue weighted by Gasteiger charge is 2.04. The molecule has 0 aliphatic heterocycles. The van der Waals surface area contributed by atoms with E-state index in [-0.39, 0.29) is 12.4 Å². The monoisotopic (exact) mass is 183 g/mol. The van der Waals surface area contributed by atoms with Crippen molar-refractivity contribution in [2.24, 2.45) is 0 Å². The molecule has 0 aliphatic rings. The van der Waals surface area contributed by atoms with Gasteiger partial charge in [-0.1, -0.05) is 0 Å². The molecule has 0 radical (unpaired) electrons. The third kappa shape index (κ3) is 2.72. The topological polar surface area (TPSA) is 68.7 Å². The van der Waals surface area contributed by atoms with Crippen LogP contribution in [0.15, 0.2) is 18.5 Å². The first kappa shape index (κ1) is 9.47. The number of ether oxygens (including phenoxy) is 2. The van der Waals surface area contributed by atoms with E-state index in [1.54, 1.807) is 0 Å². The molecule has 0 saturated heterocycles. The van der Waals surface area contributed by atoms with E-state index in [0.717, 1.165) is 0 Å². The fraction of sp³-hybridized carbons (Fsp3) is 0.250. The van der Waals surface area contributed by atoms with Crippen molar-refractivity contribution >= 4 is 5.97 Å². The minimum Gasteiger partial charge on any atom is -0.478 e. The van der Waals surface area contributed by atoms with Crippen LogP contribution in [0.25, 0.3) is 0 Å². The summed E-state index contributed by atoms with van der Waals surface area (Å²) in [6.45, 7) is 0.0742. The average Bonchev–Trinajstić information content (AvgIpc) is 2.15. The Balaban J connectivity index is 2.73. The number of nitrogens with zero attached hydrogens (tertiary/aromatic N) is 1. The van der Waals surface area contributed by atoms with Crippen molar-refractivity contribution in [2.75, 3.05) is 13.9 Å². The first-order valence-electron chi connectivity index (χ1n) is 3.54. The molecule has 1 N–H and O–H groups in total. The highest BCUT2D eigenvalue weighted by molar-refractivity contribution is 5.87. The van der Waals surface area contributed by atoms with Crippen molar-refractivity contribution < 1.29 is 19.4 Å². The highest BCUT2D eigenvalue weighted by Crippen LogP contribution is 2.10. The fourth-order valence-electron chi connectivity index (χ4n) is 0.742. The van der Waals surface area contributed by atoms with Crippen LogP contribution in [0.1, 0.15) is 10.4 Å². The van der Waals surface area contributed by atoms with E-state index in [1.807, 2.05) is 0 Å². The lowest BCUT2D eigenvalue weighted by atomic mass is 10.3. The van der Waals surface area contributed by atoms with Crippen LogP contribution in [0.2, 0.25) is 0 Å². The Morgan fingerprint density at radius 3 is 3.00 bits per heavy atom. The van der Waals surface area contributed by atoms with Gasteiger partial charge in [0.1, 0.15) is 5.75 Å². The Labute approximate surface area is 74.9 Å². The molecule has 70 valence electrons. The molecule has 1 aromatic rings. The van der Waals surface area contributed by atoms with Gasteiger partial charge in [0.2, 0.25) is 0 Å². The summed E-state index contributed by atoms with van der Waals surface area (Å²) in [7, 11) is 1.48. The van der Waals surface area contributed by atoms with Gasteiger partial charge in [0.25, 0.3) is 0 Å². The van der Waals surface area contributed by atoms with Crippen LogP contribution in [0, 0.1) is 0 Å². The Morgan fingerprint density at radius 1 is 1.62 bits per heavy atom. The number of carbonyl (C=O) groups is 1. The predicted molar refractivity (Wildman–Crippen MR) is 43.7 cm³/mol. The second-order valence-electron chi connectivity index (χ2n) is 2.27. The molecular formula is C8H9NO4. The van der Waals surface area contributed by atoms with E-state index in [4.69, 9.17) is 9.84 Å². The van der Waals surface area contributed by atoms with E-state index in [1.165, 1.54) is 25.6 Å². The maximum Gasteiger partial charge on any atom is 0.337 e. The Hall–Kier alpha value is -1.62.